The number of rotatable bonds is 4. The summed E-state index contributed by atoms with van der Waals surface area (Å²) in [6.07, 6.45) is -1.94. The first-order chi connectivity index (χ1) is 9.16. The third-order valence-electron chi connectivity index (χ3n) is 2.56. The minimum Gasteiger partial charge on any atom is -0.508 e. The lowest BCUT2D eigenvalue weighted by Gasteiger charge is -2.16. The summed E-state index contributed by atoms with van der Waals surface area (Å²) in [5, 5.41) is 12.2. The summed E-state index contributed by atoms with van der Waals surface area (Å²) in [6.45, 7) is 6.95. The van der Waals surface area contributed by atoms with E-state index in [-0.39, 0.29) is 16.3 Å². The molecule has 1 aromatic carbocycles. The van der Waals surface area contributed by atoms with Crippen LogP contribution in [0.5, 0.6) is 0 Å². The van der Waals surface area contributed by atoms with Crippen molar-refractivity contribution in [3.05, 3.63) is 46.6 Å². The predicted octanol–water partition coefficient (Wildman–Crippen LogP) is 5.61. The van der Waals surface area contributed by atoms with Gasteiger partial charge in [-0.15, -0.1) is 0 Å². The second-order valence-corrected chi connectivity index (χ2v) is 4.65. The molecule has 0 fully saturated rings. The van der Waals surface area contributed by atoms with Crippen molar-refractivity contribution in [2.24, 2.45) is 0 Å². The van der Waals surface area contributed by atoms with E-state index in [4.69, 9.17) is 11.6 Å². The molecule has 110 valence electrons. The lowest BCUT2D eigenvalue weighted by Crippen LogP contribution is -2.08. The van der Waals surface area contributed by atoms with Crippen molar-refractivity contribution in [3.63, 3.8) is 0 Å². The van der Waals surface area contributed by atoms with Crippen LogP contribution >= 0.6 is 11.6 Å². The Balaban J connectivity index is 3.38. The van der Waals surface area contributed by atoms with Crippen LogP contribution < -0.4 is 5.32 Å². The van der Waals surface area contributed by atoms with Crippen LogP contribution in [0.25, 0.3) is 5.76 Å². The fourth-order valence-electron chi connectivity index (χ4n) is 1.68. The van der Waals surface area contributed by atoms with Gasteiger partial charge in [0.1, 0.15) is 5.76 Å². The zero-order valence-electron chi connectivity index (χ0n) is 11.1. The van der Waals surface area contributed by atoms with E-state index in [2.05, 4.69) is 11.9 Å². The van der Waals surface area contributed by atoms with Crippen LogP contribution in [0.4, 0.5) is 18.9 Å². The molecule has 2 N–H and O–H groups in total. The maximum Gasteiger partial charge on any atom is 0.416 e. The van der Waals surface area contributed by atoms with E-state index in [1.165, 1.54) is 0 Å². The minimum atomic E-state index is -4.54. The Labute approximate surface area is 120 Å². The molecule has 0 heterocycles. The van der Waals surface area contributed by atoms with Gasteiger partial charge in [-0.3, -0.25) is 0 Å². The Kier molecular flexibility index (Phi) is 5.11. The largest absolute Gasteiger partial charge is 0.508 e. The van der Waals surface area contributed by atoms with Crippen LogP contribution in [0, 0.1) is 0 Å². The Bertz CT molecular complexity index is 550. The van der Waals surface area contributed by atoms with Crippen molar-refractivity contribution < 1.29 is 18.3 Å². The number of nitrogens with one attached hydrogen (secondary N) is 1. The third-order valence-corrected chi connectivity index (χ3v) is 2.86. The fourth-order valence-corrected chi connectivity index (χ4v) is 1.95. The highest BCUT2D eigenvalue weighted by atomic mass is 35.5. The van der Waals surface area contributed by atoms with Gasteiger partial charge in [-0.1, -0.05) is 31.2 Å². The lowest BCUT2D eigenvalue weighted by atomic mass is 10.1. The quantitative estimate of drug-likeness (QED) is 0.708. The minimum absolute atomic E-state index is 0.0753. The van der Waals surface area contributed by atoms with Gasteiger partial charge >= 0.3 is 6.18 Å². The number of hydrogen-bond acceptors (Lipinski definition) is 2. The molecule has 0 aliphatic rings. The van der Waals surface area contributed by atoms with Gasteiger partial charge in [0.2, 0.25) is 0 Å². The van der Waals surface area contributed by atoms with Crippen LogP contribution in [-0.4, -0.2) is 5.11 Å². The molecule has 0 bridgehead atoms. The molecule has 0 aliphatic heterocycles. The molecule has 6 heteroatoms. The van der Waals surface area contributed by atoms with Crippen LogP contribution in [-0.2, 0) is 6.18 Å². The maximum absolute atomic E-state index is 12.7. The molecule has 0 saturated carbocycles. The highest BCUT2D eigenvalue weighted by Crippen LogP contribution is 2.38. The molecule has 0 spiro atoms. The maximum atomic E-state index is 12.7. The third kappa shape index (κ3) is 3.93. The fraction of sp³-hybridized carbons (Fsp3) is 0.286. The number of hydrogen-bond donors (Lipinski definition) is 2. The van der Waals surface area contributed by atoms with Crippen LogP contribution in [0.2, 0.25) is 5.02 Å². The van der Waals surface area contributed by atoms with Gasteiger partial charge in [0, 0.05) is 11.3 Å². The molecule has 0 aliphatic carbocycles. The average Bonchev–Trinajstić information content (AvgIpc) is 2.30. The van der Waals surface area contributed by atoms with Crippen molar-refractivity contribution in [2.75, 3.05) is 5.32 Å². The number of aliphatic hydroxyl groups is 1. The van der Waals surface area contributed by atoms with Gasteiger partial charge in [0.15, 0.2) is 0 Å². The van der Waals surface area contributed by atoms with Gasteiger partial charge in [-0.2, -0.15) is 13.2 Å². The Morgan fingerprint density at radius 3 is 2.50 bits per heavy atom. The van der Waals surface area contributed by atoms with Gasteiger partial charge in [0.05, 0.1) is 16.3 Å². The van der Waals surface area contributed by atoms with Crippen molar-refractivity contribution in [1.82, 2.24) is 0 Å². The number of allylic oxidation sites excluding steroid dienone is 2. The predicted molar refractivity (Wildman–Crippen MR) is 75.8 cm³/mol. The zero-order chi connectivity index (χ0) is 15.5. The first-order valence-electron chi connectivity index (χ1n) is 5.89. The van der Waals surface area contributed by atoms with E-state index >= 15 is 0 Å². The summed E-state index contributed by atoms with van der Waals surface area (Å²) < 4.78 is 38.2. The number of halogens is 4. The van der Waals surface area contributed by atoms with Gasteiger partial charge in [-0.25, -0.2) is 0 Å². The number of alkyl halides is 3. The van der Waals surface area contributed by atoms with E-state index in [0.29, 0.717) is 0 Å². The van der Waals surface area contributed by atoms with Crippen LogP contribution in [0.3, 0.4) is 0 Å². The van der Waals surface area contributed by atoms with Crippen molar-refractivity contribution in [1.29, 1.82) is 0 Å². The molecule has 0 unspecified atom stereocenters. The monoisotopic (exact) mass is 305 g/mol. The van der Waals surface area contributed by atoms with Crippen LogP contribution in [0.1, 0.15) is 31.4 Å². The normalized spacial score (nSPS) is 12.4. The van der Waals surface area contributed by atoms with Crippen molar-refractivity contribution in [3.8, 4) is 0 Å². The molecule has 0 aromatic heterocycles. The first-order valence-corrected chi connectivity index (χ1v) is 6.27. The first kappa shape index (κ1) is 16.4. The standard InChI is InChI=1S/C14H15ClF3NO/c1-4-5-8(2)19-13-11(9(3)20)6-10(7-12(13)15)14(16,17)18/h5-7,19-20H,3-4H2,1-2H3/b8-5-. The van der Waals surface area contributed by atoms with E-state index in [9.17, 15) is 18.3 Å². The number of benzene rings is 1. The molecule has 0 saturated heterocycles. The van der Waals surface area contributed by atoms with Crippen LogP contribution in [0.15, 0.2) is 30.5 Å². The molecule has 0 atom stereocenters. The Morgan fingerprint density at radius 2 is 2.05 bits per heavy atom. The van der Waals surface area contributed by atoms with Gasteiger partial charge in [0.25, 0.3) is 0 Å². The van der Waals surface area contributed by atoms with Gasteiger partial charge in [-0.05, 0) is 25.5 Å². The van der Waals surface area contributed by atoms with Crippen molar-refractivity contribution in [2.45, 2.75) is 26.4 Å². The molecule has 0 radical (unpaired) electrons. The number of anilines is 1. The molecule has 0 amide bonds. The van der Waals surface area contributed by atoms with E-state index in [0.717, 1.165) is 24.3 Å². The molecule has 2 nitrogen and oxygen atoms in total. The molecular weight excluding hydrogens is 291 g/mol. The second-order valence-electron chi connectivity index (χ2n) is 4.25. The van der Waals surface area contributed by atoms with E-state index in [1.807, 2.05) is 13.0 Å². The van der Waals surface area contributed by atoms with Gasteiger partial charge < -0.3 is 10.4 Å². The molecule has 1 rings (SSSR count). The number of aliphatic hydroxyl groups excluding tert-OH is 1. The van der Waals surface area contributed by atoms with E-state index in [1.54, 1.807) is 6.92 Å². The smallest absolute Gasteiger partial charge is 0.416 e. The molecule has 20 heavy (non-hydrogen) atoms. The topological polar surface area (TPSA) is 32.3 Å². The average molecular weight is 306 g/mol. The van der Waals surface area contributed by atoms with Crippen molar-refractivity contribution >= 4 is 23.0 Å². The zero-order valence-corrected chi connectivity index (χ0v) is 11.9. The highest BCUT2D eigenvalue weighted by Gasteiger charge is 2.32. The summed E-state index contributed by atoms with van der Waals surface area (Å²) >= 11 is 5.89. The summed E-state index contributed by atoms with van der Waals surface area (Å²) in [5.41, 5.74) is -0.0879. The summed E-state index contributed by atoms with van der Waals surface area (Å²) in [6, 6.07) is 1.63. The summed E-state index contributed by atoms with van der Waals surface area (Å²) in [7, 11) is 0. The molecule has 1 aromatic rings. The van der Waals surface area contributed by atoms with E-state index < -0.39 is 17.5 Å². The lowest BCUT2D eigenvalue weighted by molar-refractivity contribution is -0.137. The second kappa shape index (κ2) is 6.22. The SMILES string of the molecule is C=C(O)c1cc(C(F)(F)F)cc(Cl)c1N/C(C)=C\CC. The highest BCUT2D eigenvalue weighted by molar-refractivity contribution is 6.33. The summed E-state index contributed by atoms with van der Waals surface area (Å²) in [5.74, 6) is -0.482. The Morgan fingerprint density at radius 1 is 1.45 bits per heavy atom. The summed E-state index contributed by atoms with van der Waals surface area (Å²) in [4.78, 5) is 0. The Hall–Kier alpha value is -1.62. The molecular formula is C14H15ClF3NO.